The minimum atomic E-state index is -4.42. The fourth-order valence-corrected chi connectivity index (χ4v) is 10.5. The number of carboxylic acid groups (broad SMARTS) is 2. The van der Waals surface area contributed by atoms with Crippen LogP contribution >= 0.6 is 0 Å². The van der Waals surface area contributed by atoms with Crippen molar-refractivity contribution in [3.8, 4) is 0 Å². The molecule has 0 aliphatic heterocycles. The Morgan fingerprint density at radius 3 is 1.14 bits per heavy atom. The van der Waals surface area contributed by atoms with Crippen molar-refractivity contribution in [2.75, 3.05) is 107 Å². The number of hydrogen-bond donors (Lipinski definition) is 4. The molecule has 2 atom stereocenters. The van der Waals surface area contributed by atoms with E-state index in [0.717, 1.165) is 89.9 Å². The topological polar surface area (TPSA) is 302 Å². The monoisotopic (exact) mass is 1200 g/mol. The molecule has 3 amide bonds. The average Bonchev–Trinajstić information content (AvgIpc) is 3.32. The first-order valence-corrected chi connectivity index (χ1v) is 33.0. The van der Waals surface area contributed by atoms with Gasteiger partial charge in [-0.2, -0.15) is 0 Å². The number of carbonyl (C=O) groups excluding carboxylic acids is 5. The zero-order valence-electron chi connectivity index (χ0n) is 52.2. The minimum Gasteiger partial charge on any atom is -0.748 e. The molecule has 0 aliphatic carbocycles. The molecule has 472 valence electrons. The van der Waals surface area contributed by atoms with E-state index in [1.54, 1.807) is 0 Å². The van der Waals surface area contributed by atoms with Crippen molar-refractivity contribution in [2.45, 2.75) is 212 Å². The van der Waals surface area contributed by atoms with E-state index < -0.39 is 49.3 Å². The van der Waals surface area contributed by atoms with Crippen LogP contribution in [0.2, 0.25) is 0 Å². The number of aliphatic hydroxyl groups excluding tert-OH is 1. The maximum absolute atomic E-state index is 11.8. The second kappa shape index (κ2) is 51.9. The number of nitrogens with zero attached hydrogens (tertiary/aromatic N) is 3. The van der Waals surface area contributed by atoms with E-state index in [0.29, 0.717) is 97.7 Å². The number of hydrogen-bond acceptors (Lipinski definition) is 14. The second-order valence-electron chi connectivity index (χ2n) is 23.3. The molecule has 0 saturated heterocycles. The Kier molecular flexibility index (Phi) is 54.4. The van der Waals surface area contributed by atoms with E-state index in [4.69, 9.17) is 0 Å². The van der Waals surface area contributed by atoms with Crippen LogP contribution in [0, 0.1) is 0 Å². The van der Waals surface area contributed by atoms with Gasteiger partial charge in [0.25, 0.3) is 0 Å². The Labute approximate surface area is 514 Å². The molecule has 0 saturated carbocycles. The van der Waals surface area contributed by atoms with Crippen molar-refractivity contribution < 1.29 is 108 Å². The van der Waals surface area contributed by atoms with Crippen molar-refractivity contribution in [2.24, 2.45) is 0 Å². The first-order valence-electron chi connectivity index (χ1n) is 29.9. The van der Waals surface area contributed by atoms with Crippen LogP contribution in [0.3, 0.4) is 0 Å². The summed E-state index contributed by atoms with van der Waals surface area (Å²) < 4.78 is 66.6. The number of allylic oxidation sites excluding steroid dienone is 4. The number of nitrogens with one attached hydrogen (secondary N) is 3. The number of carbonyl (C=O) groups is 5. The fourth-order valence-electron chi connectivity index (χ4n) is 8.95. The smallest absolute Gasteiger partial charge is 0.748 e. The first-order chi connectivity index (χ1) is 37.4. The predicted molar refractivity (Wildman–Crippen MR) is 313 cm³/mol. The molecule has 0 aromatic rings. The molecule has 0 heterocycles. The number of aliphatic hydroxyl groups is 1. The number of quaternary nitrogens is 3. The van der Waals surface area contributed by atoms with E-state index in [1.807, 2.05) is 49.2 Å². The molecular formula is C58H113N6NaO14S2. The summed E-state index contributed by atoms with van der Waals surface area (Å²) in [7, 11) is 2.44. The zero-order chi connectivity index (χ0) is 61.4. The SMILES string of the molecule is CC/C=C/CCCCCCCC(=O)NCCC[N+](C)(C)CC(=O)[O-].CC/C=C/CCCCCCCC(=O)NCCC[N+](C)(C)CC(O)CS(=O)(=O)[O-].CCCC(CCCCCCCC(=O)NCCC[N+](C)(C)CC(=O)[O-])S(=O)(=O)[O-].[Na+]. The Morgan fingerprint density at radius 2 is 0.815 bits per heavy atom. The minimum absolute atomic E-state index is 0. The van der Waals surface area contributed by atoms with Crippen LogP contribution in [-0.2, 0) is 44.2 Å². The molecule has 0 bridgehead atoms. The number of amides is 3. The molecule has 0 aromatic carbocycles. The predicted octanol–water partition coefficient (Wildman–Crippen LogP) is 1.96. The number of carboxylic acids is 2. The molecule has 0 aromatic heterocycles. The first kappa shape index (κ1) is 84.9. The van der Waals surface area contributed by atoms with Crippen LogP contribution in [0.25, 0.3) is 0 Å². The van der Waals surface area contributed by atoms with Gasteiger partial charge in [0.05, 0.1) is 99.8 Å². The third-order valence-corrected chi connectivity index (χ3v) is 15.4. The average molecular weight is 1210 g/mol. The Balaban J connectivity index is -0.000000548. The summed E-state index contributed by atoms with van der Waals surface area (Å²) in [6.45, 7) is 10.0. The summed E-state index contributed by atoms with van der Waals surface area (Å²) in [4.78, 5) is 56.6. The van der Waals surface area contributed by atoms with Gasteiger partial charge in [0.15, 0.2) is 0 Å². The Morgan fingerprint density at radius 1 is 0.481 bits per heavy atom. The quantitative estimate of drug-likeness (QED) is 0.0223. The van der Waals surface area contributed by atoms with Gasteiger partial charge in [0.2, 0.25) is 17.7 Å². The molecule has 2 unspecified atom stereocenters. The van der Waals surface area contributed by atoms with Gasteiger partial charge in [-0.3, -0.25) is 14.4 Å². The number of unbranched alkanes of at least 4 members (excludes halogenated alkanes) is 14. The summed E-state index contributed by atoms with van der Waals surface area (Å²) in [6, 6.07) is 0. The number of rotatable bonds is 49. The van der Waals surface area contributed by atoms with Crippen molar-refractivity contribution in [3.63, 3.8) is 0 Å². The summed E-state index contributed by atoms with van der Waals surface area (Å²) >= 11 is 0. The summed E-state index contributed by atoms with van der Waals surface area (Å²) in [5.41, 5.74) is 0. The van der Waals surface area contributed by atoms with Crippen molar-refractivity contribution >= 4 is 49.9 Å². The fraction of sp³-hybridized carbons (Fsp3) is 0.845. The normalized spacial score (nSPS) is 12.8. The van der Waals surface area contributed by atoms with Gasteiger partial charge in [-0.05, 0) is 70.6 Å². The number of aliphatic carboxylic acids is 2. The molecular weight excluding hydrogens is 1090 g/mol. The molecule has 4 N–H and O–H groups in total. The molecule has 0 aliphatic rings. The molecule has 0 fully saturated rings. The van der Waals surface area contributed by atoms with Gasteiger partial charge in [-0.1, -0.05) is 116 Å². The standard InChI is InChI=1S/C20H40N2O5S.C19H38N2O6S.C19H36N2O3.Na/c1-4-5-6-7-8-9-10-11-12-14-20(24)21-15-13-16-22(2,3)17-19(23)18-28(25,26)27;1-4-11-17(28(25,26)27)12-8-6-5-7-9-13-18(22)20-14-10-15-21(2,3)16-19(23)24;1-4-5-6-7-8-9-10-11-12-14-18(22)20-15-13-16-21(2,3)17-19(23)24;/h5-6,19,23H,4,7-18H2,1-3H3,(H-,21,24,25,26,27);17H,4-16H2,1-3H3,(H2-,20,22,23,24,25,26,27);5-6H,4,7-17H2,1-3H3,(H-,20,22,23,24);/q;;;+1/p-1/b6-5+;;6-5+;. The third-order valence-electron chi connectivity index (χ3n) is 13.3. The van der Waals surface area contributed by atoms with Gasteiger partial charge in [0, 0.05) is 63.4 Å². The Bertz CT molecular complexity index is 1920. The van der Waals surface area contributed by atoms with Crippen LogP contribution in [0.5, 0.6) is 0 Å². The molecule has 0 spiro atoms. The molecule has 0 rings (SSSR count). The number of likely N-dealkylation sites (N-methyl/N-ethyl adjacent to an activating group) is 3. The van der Waals surface area contributed by atoms with Crippen LogP contribution in [0.1, 0.15) is 201 Å². The summed E-state index contributed by atoms with van der Waals surface area (Å²) in [5.74, 6) is -2.72. The van der Waals surface area contributed by atoms with E-state index in [1.165, 1.54) is 44.9 Å². The van der Waals surface area contributed by atoms with E-state index in [-0.39, 0.29) is 66.9 Å². The maximum Gasteiger partial charge on any atom is 1.00 e. The van der Waals surface area contributed by atoms with Gasteiger partial charge >= 0.3 is 29.6 Å². The Hall–Kier alpha value is -2.51. The second-order valence-corrected chi connectivity index (χ2v) is 26.4. The van der Waals surface area contributed by atoms with Gasteiger partial charge in [-0.15, -0.1) is 0 Å². The summed E-state index contributed by atoms with van der Waals surface area (Å²) in [6.07, 6.45) is 33.1. The van der Waals surface area contributed by atoms with Crippen LogP contribution in [0.4, 0.5) is 0 Å². The largest absolute Gasteiger partial charge is 1.00 e. The molecule has 81 heavy (non-hydrogen) atoms. The van der Waals surface area contributed by atoms with Crippen molar-refractivity contribution in [3.05, 3.63) is 24.3 Å². The van der Waals surface area contributed by atoms with Crippen molar-refractivity contribution in [1.29, 1.82) is 0 Å². The molecule has 23 heteroatoms. The van der Waals surface area contributed by atoms with Crippen LogP contribution < -0.4 is 55.7 Å². The van der Waals surface area contributed by atoms with Crippen molar-refractivity contribution in [1.82, 2.24) is 16.0 Å². The zero-order valence-corrected chi connectivity index (χ0v) is 55.9. The third kappa shape index (κ3) is 64.9. The van der Waals surface area contributed by atoms with E-state index in [2.05, 4.69) is 54.1 Å². The van der Waals surface area contributed by atoms with E-state index in [9.17, 15) is 65.2 Å². The van der Waals surface area contributed by atoms with Gasteiger partial charge < -0.3 is 63.4 Å². The maximum atomic E-state index is 11.8. The summed E-state index contributed by atoms with van der Waals surface area (Å²) in [5, 5.41) is 38.9. The van der Waals surface area contributed by atoms with E-state index >= 15 is 0 Å². The van der Waals surface area contributed by atoms with Crippen LogP contribution in [0.15, 0.2) is 24.3 Å². The van der Waals surface area contributed by atoms with Crippen LogP contribution in [-0.4, -0.2) is 192 Å². The molecule has 0 radical (unpaired) electrons. The molecule has 20 nitrogen and oxygen atoms in total. The van der Waals surface area contributed by atoms with Gasteiger partial charge in [0.1, 0.15) is 25.7 Å². The van der Waals surface area contributed by atoms with Gasteiger partial charge in [-0.25, -0.2) is 16.8 Å².